The molecule has 0 aromatic rings. The molecule has 0 aliphatic carbocycles. The summed E-state index contributed by atoms with van der Waals surface area (Å²) < 4.78 is 7.80. The van der Waals surface area contributed by atoms with Crippen molar-refractivity contribution < 1.29 is 9.53 Å². The highest BCUT2D eigenvalue weighted by Gasteiger charge is 2.52. The minimum Gasteiger partial charge on any atom is -0.469 e. The van der Waals surface area contributed by atoms with Crippen molar-refractivity contribution in [3.05, 3.63) is 0 Å². The minimum absolute atomic E-state index is 0.0446. The summed E-state index contributed by atoms with van der Waals surface area (Å²) in [5.74, 6) is -0.135. The second-order valence-electron chi connectivity index (χ2n) is 8.22. The van der Waals surface area contributed by atoms with Gasteiger partial charge in [-0.25, -0.2) is 0 Å². The summed E-state index contributed by atoms with van der Waals surface area (Å²) >= 11 is 0. The molecular formula is C20H42N2O2Si. The van der Waals surface area contributed by atoms with E-state index in [-0.39, 0.29) is 11.9 Å². The van der Waals surface area contributed by atoms with Gasteiger partial charge in [-0.15, -0.1) is 0 Å². The van der Waals surface area contributed by atoms with Gasteiger partial charge in [-0.3, -0.25) is 9.69 Å². The molecule has 1 saturated heterocycles. The van der Waals surface area contributed by atoms with Crippen molar-refractivity contribution in [3.63, 3.8) is 0 Å². The molecule has 0 N–H and O–H groups in total. The molecule has 1 aliphatic rings. The van der Waals surface area contributed by atoms with Gasteiger partial charge in [0.1, 0.15) is 8.24 Å². The molecule has 1 aliphatic heterocycles. The molecule has 148 valence electrons. The summed E-state index contributed by atoms with van der Waals surface area (Å²) in [4.78, 5) is 14.3. The van der Waals surface area contributed by atoms with Crippen molar-refractivity contribution in [2.45, 2.75) is 84.4 Å². The summed E-state index contributed by atoms with van der Waals surface area (Å²) in [7, 11) is -0.138. The zero-order valence-electron chi connectivity index (χ0n) is 18.0. The van der Waals surface area contributed by atoms with Gasteiger partial charge in [-0.05, 0) is 16.6 Å². The maximum atomic E-state index is 11.8. The quantitative estimate of drug-likeness (QED) is 0.411. The largest absolute Gasteiger partial charge is 0.469 e. The van der Waals surface area contributed by atoms with Crippen LogP contribution in [-0.4, -0.2) is 57.1 Å². The molecule has 25 heavy (non-hydrogen) atoms. The van der Waals surface area contributed by atoms with E-state index in [0.29, 0.717) is 0 Å². The fourth-order valence-corrected chi connectivity index (χ4v) is 12.8. The fraction of sp³-hybridized carbons (Fsp3) is 0.950. The molecule has 4 nitrogen and oxygen atoms in total. The topological polar surface area (TPSA) is 32.8 Å². The molecular weight excluding hydrogens is 328 g/mol. The van der Waals surface area contributed by atoms with Crippen LogP contribution in [0.25, 0.3) is 0 Å². The number of rotatable bonds is 10. The van der Waals surface area contributed by atoms with Gasteiger partial charge in [0.2, 0.25) is 0 Å². The van der Waals surface area contributed by atoms with Crippen molar-refractivity contribution in [1.82, 2.24) is 9.47 Å². The first-order valence-corrected chi connectivity index (χ1v) is 12.5. The smallest absolute Gasteiger partial charge is 0.309 e. The lowest BCUT2D eigenvalue weighted by molar-refractivity contribution is -0.145. The third-order valence-electron chi connectivity index (χ3n) is 6.95. The molecule has 4 unspecified atom stereocenters. The minimum atomic E-state index is -1.63. The van der Waals surface area contributed by atoms with Crippen LogP contribution in [0.2, 0.25) is 16.6 Å². The van der Waals surface area contributed by atoms with Crippen LogP contribution in [0.4, 0.5) is 0 Å². The van der Waals surface area contributed by atoms with Crippen LogP contribution in [0.1, 0.15) is 67.7 Å². The highest BCUT2D eigenvalue weighted by Crippen LogP contribution is 2.49. The van der Waals surface area contributed by atoms with Crippen molar-refractivity contribution in [3.8, 4) is 0 Å². The number of hydrogen-bond acceptors (Lipinski definition) is 4. The number of methoxy groups -OCH3 is 1. The van der Waals surface area contributed by atoms with E-state index in [1.807, 2.05) is 6.92 Å². The van der Waals surface area contributed by atoms with Crippen LogP contribution in [0.5, 0.6) is 0 Å². The van der Waals surface area contributed by atoms with Crippen LogP contribution < -0.4 is 0 Å². The number of esters is 1. The van der Waals surface area contributed by atoms with E-state index in [0.717, 1.165) is 36.4 Å². The van der Waals surface area contributed by atoms with E-state index in [2.05, 4.69) is 51.0 Å². The summed E-state index contributed by atoms with van der Waals surface area (Å²) in [6, 6.07) is 0. The highest BCUT2D eigenvalue weighted by molar-refractivity contribution is 6.81. The number of hydrogen-bond donors (Lipinski definition) is 0. The summed E-state index contributed by atoms with van der Waals surface area (Å²) in [6.45, 7) is 20.7. The lowest BCUT2D eigenvalue weighted by Crippen LogP contribution is -2.61. The first kappa shape index (κ1) is 22.6. The van der Waals surface area contributed by atoms with E-state index in [9.17, 15) is 4.79 Å². The molecule has 0 aromatic heterocycles. The number of ether oxygens (including phenoxy) is 1. The lowest BCUT2D eigenvalue weighted by atomic mass is 10.2. The van der Waals surface area contributed by atoms with Gasteiger partial charge in [0.15, 0.2) is 0 Å². The molecule has 0 aromatic carbocycles. The molecule has 4 atom stereocenters. The summed E-state index contributed by atoms with van der Waals surface area (Å²) in [6.07, 6.45) is 3.82. The van der Waals surface area contributed by atoms with Gasteiger partial charge in [-0.2, -0.15) is 0 Å². The molecule has 0 spiro atoms. The van der Waals surface area contributed by atoms with Crippen molar-refractivity contribution in [1.29, 1.82) is 0 Å². The summed E-state index contributed by atoms with van der Waals surface area (Å²) in [5, 5.41) is 0. The number of nitrogens with zero attached hydrogens (tertiary/aromatic N) is 2. The second kappa shape index (κ2) is 10.1. The normalized spacial score (nSPS) is 23.7. The van der Waals surface area contributed by atoms with Crippen LogP contribution >= 0.6 is 0 Å². The van der Waals surface area contributed by atoms with Crippen molar-refractivity contribution >= 4 is 14.2 Å². The van der Waals surface area contributed by atoms with Crippen molar-refractivity contribution in [2.75, 3.05) is 33.4 Å². The zero-order chi connectivity index (χ0) is 19.2. The molecule has 1 rings (SSSR count). The summed E-state index contributed by atoms with van der Waals surface area (Å²) in [5.41, 5.74) is 2.40. The van der Waals surface area contributed by atoms with Crippen LogP contribution in [0.3, 0.4) is 0 Å². The molecule has 0 bridgehead atoms. The maximum absolute atomic E-state index is 11.8. The highest BCUT2D eigenvalue weighted by atomic mass is 28.3. The first-order valence-electron chi connectivity index (χ1n) is 10.3. The zero-order valence-corrected chi connectivity index (χ0v) is 19.0. The van der Waals surface area contributed by atoms with Crippen LogP contribution in [-0.2, 0) is 9.53 Å². The Labute approximate surface area is 157 Å². The molecule has 0 saturated carbocycles. The van der Waals surface area contributed by atoms with Gasteiger partial charge in [-0.1, -0.05) is 67.7 Å². The van der Waals surface area contributed by atoms with E-state index >= 15 is 0 Å². The second-order valence-corrected chi connectivity index (χ2v) is 13.6. The number of carbonyl (C=O) groups excluding carboxylic acids is 1. The molecule has 0 amide bonds. The van der Waals surface area contributed by atoms with Gasteiger partial charge in [0.05, 0.1) is 13.0 Å². The Kier molecular flexibility index (Phi) is 9.13. The Bertz CT molecular complexity index is 392. The Hall–Kier alpha value is -0.393. The molecule has 5 heteroatoms. The standard InChI is InChI=1S/C20H42N2O2Si/c1-9-17(5)25(18(6)10-2,19(7)11-3)22-13-12-21(15-22)14-16(4)20(23)24-8/h16-19H,9-15H2,1-8H3. The van der Waals surface area contributed by atoms with Crippen LogP contribution in [0.15, 0.2) is 0 Å². The predicted molar refractivity (Wildman–Crippen MR) is 109 cm³/mol. The molecule has 0 radical (unpaired) electrons. The van der Waals surface area contributed by atoms with E-state index in [1.54, 1.807) is 0 Å². The lowest BCUT2D eigenvalue weighted by Gasteiger charge is -2.52. The van der Waals surface area contributed by atoms with Gasteiger partial charge in [0.25, 0.3) is 0 Å². The third kappa shape index (κ3) is 4.66. The van der Waals surface area contributed by atoms with Crippen molar-refractivity contribution in [2.24, 2.45) is 5.92 Å². The third-order valence-corrected chi connectivity index (χ3v) is 14.4. The predicted octanol–water partition coefficient (Wildman–Crippen LogP) is 4.72. The van der Waals surface area contributed by atoms with Gasteiger partial charge < -0.3 is 9.30 Å². The van der Waals surface area contributed by atoms with E-state index in [1.165, 1.54) is 32.9 Å². The Balaban J connectivity index is 3.02. The Morgan fingerprint density at radius 2 is 1.44 bits per heavy atom. The first-order chi connectivity index (χ1) is 11.8. The average molecular weight is 371 g/mol. The average Bonchev–Trinajstić information content (AvgIpc) is 3.08. The van der Waals surface area contributed by atoms with Gasteiger partial charge in [0, 0.05) is 26.3 Å². The number of carbonyl (C=O) groups is 1. The van der Waals surface area contributed by atoms with E-state index in [4.69, 9.17) is 4.74 Å². The SMILES string of the molecule is CCC(C)[Si](C(C)CC)(C(C)CC)N1CCN(CC(C)C(=O)OC)C1. The van der Waals surface area contributed by atoms with Gasteiger partial charge >= 0.3 is 5.97 Å². The monoisotopic (exact) mass is 370 g/mol. The fourth-order valence-electron chi connectivity index (χ4n) is 5.15. The Morgan fingerprint density at radius 1 is 0.960 bits per heavy atom. The molecule has 1 fully saturated rings. The maximum Gasteiger partial charge on any atom is 0.309 e. The Morgan fingerprint density at radius 3 is 1.84 bits per heavy atom. The molecule has 1 heterocycles. The van der Waals surface area contributed by atoms with E-state index < -0.39 is 8.24 Å². The van der Waals surface area contributed by atoms with Crippen LogP contribution in [0, 0.1) is 5.92 Å².